The summed E-state index contributed by atoms with van der Waals surface area (Å²) in [7, 11) is 1.97. The number of anilines is 2. The third-order valence-corrected chi connectivity index (χ3v) is 6.56. The van der Waals surface area contributed by atoms with E-state index in [1.54, 1.807) is 6.92 Å². The number of cyclic esters (lactones) is 1. The second-order valence-corrected chi connectivity index (χ2v) is 8.78. The number of amides is 2. The van der Waals surface area contributed by atoms with Crippen molar-refractivity contribution < 1.29 is 23.5 Å². The Balaban J connectivity index is 1.19. The summed E-state index contributed by atoms with van der Waals surface area (Å²) in [4.78, 5) is 39.9. The highest BCUT2D eigenvalue weighted by Crippen LogP contribution is 2.33. The summed E-state index contributed by atoms with van der Waals surface area (Å²) in [5.41, 5.74) is 1.73. The number of nitrogens with one attached hydrogen (secondary N) is 1. The second-order valence-electron chi connectivity index (χ2n) is 8.43. The maximum atomic E-state index is 14.5. The number of rotatable bonds is 5. The molecule has 12 heteroatoms. The van der Waals surface area contributed by atoms with Crippen molar-refractivity contribution in [1.29, 1.82) is 0 Å². The van der Waals surface area contributed by atoms with Crippen LogP contribution in [-0.2, 0) is 22.4 Å². The highest BCUT2D eigenvalue weighted by molar-refractivity contribution is 6.30. The molecule has 0 radical (unpaired) electrons. The first-order chi connectivity index (χ1) is 15.8. The van der Waals surface area contributed by atoms with E-state index < -0.39 is 6.09 Å². The highest BCUT2D eigenvalue weighted by Gasteiger charge is 2.36. The largest absolute Gasteiger partial charge is 0.465 e. The number of carbonyl (C=O) groups excluding carboxylic acids is 2. The monoisotopic (exact) mass is 476 g/mol. The molecule has 4 heterocycles. The molecule has 2 unspecified atom stereocenters. The van der Waals surface area contributed by atoms with Crippen molar-refractivity contribution in [1.82, 2.24) is 19.9 Å². The third-order valence-electron chi connectivity index (χ3n) is 6.24. The van der Waals surface area contributed by atoms with Crippen molar-refractivity contribution in [3.05, 3.63) is 34.0 Å². The SMILES string of the molecule is Cc1nc(Cl)c2c(c1F)CC(N(C)CCC1CN(c3cnc4c(n3)NC(=O)CO4)C(=O)O1)C2. The van der Waals surface area contributed by atoms with Crippen molar-refractivity contribution in [2.45, 2.75) is 38.3 Å². The number of ether oxygens (including phenoxy) is 2. The summed E-state index contributed by atoms with van der Waals surface area (Å²) in [6.45, 7) is 2.45. The van der Waals surface area contributed by atoms with Gasteiger partial charge in [-0.1, -0.05) is 11.6 Å². The molecule has 2 aromatic rings. The van der Waals surface area contributed by atoms with Gasteiger partial charge in [-0.25, -0.2) is 24.1 Å². The van der Waals surface area contributed by atoms with Gasteiger partial charge in [0.2, 0.25) is 0 Å². The van der Waals surface area contributed by atoms with E-state index in [9.17, 15) is 14.0 Å². The van der Waals surface area contributed by atoms with Gasteiger partial charge < -0.3 is 19.7 Å². The zero-order valence-corrected chi connectivity index (χ0v) is 18.9. The number of pyridine rings is 1. The van der Waals surface area contributed by atoms with Gasteiger partial charge in [0, 0.05) is 12.6 Å². The molecule has 5 rings (SSSR count). The zero-order chi connectivity index (χ0) is 23.3. The lowest BCUT2D eigenvalue weighted by Crippen LogP contribution is -2.35. The minimum absolute atomic E-state index is 0.0962. The number of carbonyl (C=O) groups is 2. The number of halogens is 2. The highest BCUT2D eigenvalue weighted by atomic mass is 35.5. The van der Waals surface area contributed by atoms with E-state index in [-0.39, 0.29) is 48.0 Å². The Kier molecular flexibility index (Phi) is 5.53. The topological polar surface area (TPSA) is 110 Å². The third kappa shape index (κ3) is 4.06. The van der Waals surface area contributed by atoms with E-state index in [0.29, 0.717) is 48.8 Å². The van der Waals surface area contributed by atoms with Crippen LogP contribution in [0.15, 0.2) is 6.20 Å². The summed E-state index contributed by atoms with van der Waals surface area (Å²) >= 11 is 6.24. The lowest BCUT2D eigenvalue weighted by Gasteiger charge is -2.25. The molecule has 2 aromatic heterocycles. The van der Waals surface area contributed by atoms with Crippen LogP contribution in [0, 0.1) is 12.7 Å². The Bertz CT molecular complexity index is 1150. The number of likely N-dealkylation sites (N-methyl/N-ethyl adjacent to an activating group) is 1. The zero-order valence-electron chi connectivity index (χ0n) is 18.1. The lowest BCUT2D eigenvalue weighted by molar-refractivity contribution is -0.118. The summed E-state index contributed by atoms with van der Waals surface area (Å²) in [6.07, 6.45) is 2.34. The summed E-state index contributed by atoms with van der Waals surface area (Å²) < 4.78 is 25.2. The fraction of sp³-hybridized carbons (Fsp3) is 0.476. The van der Waals surface area contributed by atoms with Gasteiger partial charge in [-0.2, -0.15) is 0 Å². The number of aryl methyl sites for hydroxylation is 1. The van der Waals surface area contributed by atoms with Gasteiger partial charge in [0.25, 0.3) is 11.8 Å². The Morgan fingerprint density at radius 2 is 2.09 bits per heavy atom. The molecular weight excluding hydrogens is 455 g/mol. The van der Waals surface area contributed by atoms with E-state index in [1.807, 2.05) is 7.05 Å². The van der Waals surface area contributed by atoms with Gasteiger partial charge in [0.1, 0.15) is 17.1 Å². The van der Waals surface area contributed by atoms with Crippen molar-refractivity contribution in [2.24, 2.45) is 0 Å². The molecular formula is C21H22ClFN6O4. The molecule has 1 aliphatic carbocycles. The van der Waals surface area contributed by atoms with Crippen LogP contribution >= 0.6 is 11.6 Å². The van der Waals surface area contributed by atoms with Crippen molar-refractivity contribution in [3.8, 4) is 5.88 Å². The van der Waals surface area contributed by atoms with Gasteiger partial charge in [0.05, 0.1) is 18.4 Å². The molecule has 1 saturated heterocycles. The molecule has 1 fully saturated rings. The minimum atomic E-state index is -0.524. The maximum absolute atomic E-state index is 14.5. The fourth-order valence-electron chi connectivity index (χ4n) is 4.39. The van der Waals surface area contributed by atoms with Gasteiger partial charge in [-0.15, -0.1) is 0 Å². The molecule has 10 nitrogen and oxygen atoms in total. The second kappa shape index (κ2) is 8.38. The molecule has 33 heavy (non-hydrogen) atoms. The minimum Gasteiger partial charge on any atom is -0.465 e. The van der Waals surface area contributed by atoms with E-state index in [4.69, 9.17) is 21.1 Å². The molecule has 2 aliphatic heterocycles. The van der Waals surface area contributed by atoms with Gasteiger partial charge in [0.15, 0.2) is 18.2 Å². The molecule has 174 valence electrons. The van der Waals surface area contributed by atoms with E-state index >= 15 is 0 Å². The summed E-state index contributed by atoms with van der Waals surface area (Å²) in [5.74, 6) is 0.0535. The number of hydrogen-bond acceptors (Lipinski definition) is 8. The van der Waals surface area contributed by atoms with Crippen LogP contribution in [0.2, 0.25) is 5.15 Å². The van der Waals surface area contributed by atoms with Gasteiger partial charge in [-0.3, -0.25) is 9.69 Å². The average molecular weight is 477 g/mol. The number of hydrogen-bond donors (Lipinski definition) is 1. The molecule has 2 amide bonds. The van der Waals surface area contributed by atoms with Crippen LogP contribution < -0.4 is 15.0 Å². The summed E-state index contributed by atoms with van der Waals surface area (Å²) in [6, 6.07) is 0.0962. The van der Waals surface area contributed by atoms with Gasteiger partial charge >= 0.3 is 6.09 Å². The first-order valence-corrected chi connectivity index (χ1v) is 11.0. The predicted molar refractivity (Wildman–Crippen MR) is 116 cm³/mol. The van der Waals surface area contributed by atoms with Crippen molar-refractivity contribution in [2.75, 3.05) is 37.0 Å². The van der Waals surface area contributed by atoms with Crippen LogP contribution in [0.5, 0.6) is 5.88 Å². The first kappa shape index (κ1) is 21.8. The Hall–Kier alpha value is -3.05. The molecule has 0 bridgehead atoms. The van der Waals surface area contributed by atoms with Crippen LogP contribution in [0.1, 0.15) is 23.2 Å². The van der Waals surface area contributed by atoms with E-state index in [2.05, 4.69) is 25.2 Å². The Morgan fingerprint density at radius 3 is 2.91 bits per heavy atom. The van der Waals surface area contributed by atoms with Crippen LogP contribution in [0.25, 0.3) is 0 Å². The number of fused-ring (bicyclic) bond motifs is 2. The van der Waals surface area contributed by atoms with E-state index in [1.165, 1.54) is 11.1 Å². The average Bonchev–Trinajstić information content (AvgIpc) is 3.40. The predicted octanol–water partition coefficient (Wildman–Crippen LogP) is 2.12. The standard InChI is InChI=1S/C21H22ClFN6O4/c1-10-17(23)13-5-11(6-14(13)18(22)25-10)28(2)4-3-12-8-29(21(31)33-12)15-7-24-20-19(26-15)27-16(30)9-32-20/h7,11-12H,3-6,8-9H2,1-2H3,(H,26,27,30). The Labute approximate surface area is 194 Å². The van der Waals surface area contributed by atoms with Crippen molar-refractivity contribution in [3.63, 3.8) is 0 Å². The van der Waals surface area contributed by atoms with Crippen molar-refractivity contribution >= 4 is 35.2 Å². The number of aromatic nitrogens is 3. The van der Waals surface area contributed by atoms with Crippen LogP contribution in [0.4, 0.5) is 20.8 Å². The molecule has 0 aromatic carbocycles. The van der Waals surface area contributed by atoms with Gasteiger partial charge in [-0.05, 0) is 44.4 Å². The molecule has 0 saturated carbocycles. The van der Waals surface area contributed by atoms with E-state index in [0.717, 1.165) is 5.56 Å². The maximum Gasteiger partial charge on any atom is 0.415 e. The fourth-order valence-corrected chi connectivity index (χ4v) is 4.71. The quantitative estimate of drug-likeness (QED) is 0.653. The smallest absolute Gasteiger partial charge is 0.415 e. The van der Waals surface area contributed by atoms with Crippen LogP contribution in [0.3, 0.4) is 0 Å². The lowest BCUT2D eigenvalue weighted by atomic mass is 10.1. The molecule has 3 aliphatic rings. The normalized spacial score (nSPS) is 21.5. The molecule has 2 atom stereocenters. The first-order valence-electron chi connectivity index (χ1n) is 10.6. The Morgan fingerprint density at radius 1 is 1.30 bits per heavy atom. The number of nitrogens with zero attached hydrogens (tertiary/aromatic N) is 5. The molecule has 1 N–H and O–H groups in total. The summed E-state index contributed by atoms with van der Waals surface area (Å²) in [5, 5.41) is 2.94. The molecule has 0 spiro atoms. The van der Waals surface area contributed by atoms with Crippen LogP contribution in [-0.4, -0.2) is 70.7 Å².